The van der Waals surface area contributed by atoms with Gasteiger partial charge in [-0.2, -0.15) is 5.26 Å². The summed E-state index contributed by atoms with van der Waals surface area (Å²) in [7, 11) is 1.24. The van der Waals surface area contributed by atoms with Crippen molar-refractivity contribution in [3.63, 3.8) is 0 Å². The molecule has 0 radical (unpaired) electrons. The number of benzene rings is 1. The molecule has 0 saturated heterocycles. The van der Waals surface area contributed by atoms with Gasteiger partial charge in [0.2, 0.25) is 5.88 Å². The molecule has 0 bridgehead atoms. The molecule has 0 spiro atoms. The predicted octanol–water partition coefficient (Wildman–Crippen LogP) is 4.39. The van der Waals surface area contributed by atoms with Crippen LogP contribution in [0.2, 0.25) is 5.02 Å². The van der Waals surface area contributed by atoms with Crippen LogP contribution in [-0.4, -0.2) is 19.0 Å². The maximum atomic E-state index is 13.0. The van der Waals surface area contributed by atoms with E-state index in [4.69, 9.17) is 22.1 Å². The first-order chi connectivity index (χ1) is 13.2. The molecule has 1 aliphatic carbocycles. The molecule has 154 valence electrons. The molecule has 1 aromatic rings. The molecule has 1 aliphatic heterocycles. The predicted molar refractivity (Wildman–Crippen MR) is 110 cm³/mol. The van der Waals surface area contributed by atoms with Crippen LogP contribution < -0.4 is 11.1 Å². The lowest BCUT2D eigenvalue weighted by Gasteiger charge is -2.37. The van der Waals surface area contributed by atoms with Crippen molar-refractivity contribution in [3.8, 4) is 6.07 Å². The molecular weight excluding hydrogens is 417 g/mol. The summed E-state index contributed by atoms with van der Waals surface area (Å²) in [6.07, 6.45) is 0.154. The van der Waals surface area contributed by atoms with Crippen molar-refractivity contribution in [1.29, 1.82) is 5.26 Å². The van der Waals surface area contributed by atoms with Gasteiger partial charge in [-0.05, 0) is 17.0 Å². The number of nitrogens with two attached hydrogens (primary N) is 1. The van der Waals surface area contributed by atoms with Gasteiger partial charge in [0.25, 0.3) is 0 Å². The number of ketones is 1. The van der Waals surface area contributed by atoms with Crippen LogP contribution in [0.3, 0.4) is 0 Å². The normalized spacial score (nSPS) is 20.1. The third kappa shape index (κ3) is 4.19. The minimum atomic E-state index is -0.760. The van der Waals surface area contributed by atoms with Crippen LogP contribution in [0.1, 0.15) is 38.2 Å². The highest BCUT2D eigenvalue weighted by Gasteiger charge is 2.43. The van der Waals surface area contributed by atoms with Crippen LogP contribution in [-0.2, 0) is 14.3 Å². The molecular formula is C20H21Cl2N3O4. The average molecular weight is 438 g/mol. The van der Waals surface area contributed by atoms with Crippen molar-refractivity contribution < 1.29 is 19.1 Å². The number of halogens is 2. The van der Waals surface area contributed by atoms with E-state index in [1.165, 1.54) is 7.11 Å². The molecule has 0 aromatic heterocycles. The highest BCUT2D eigenvalue weighted by atomic mass is 35.5. The molecule has 3 N–H and O–H groups in total. The van der Waals surface area contributed by atoms with Crippen molar-refractivity contribution in [2.75, 3.05) is 12.4 Å². The van der Waals surface area contributed by atoms with E-state index in [0.717, 1.165) is 0 Å². The first-order valence-corrected chi connectivity index (χ1v) is 9.03. The largest absolute Gasteiger partial charge is 0.453 e. The number of anilines is 1. The number of amides is 1. The molecule has 0 fully saturated rings. The van der Waals surface area contributed by atoms with Gasteiger partial charge in [-0.15, -0.1) is 12.4 Å². The van der Waals surface area contributed by atoms with Gasteiger partial charge in [0.15, 0.2) is 5.78 Å². The fourth-order valence-electron chi connectivity index (χ4n) is 3.63. The highest BCUT2D eigenvalue weighted by Crippen LogP contribution is 2.49. The summed E-state index contributed by atoms with van der Waals surface area (Å²) in [6.45, 7) is 3.95. The number of nitriles is 1. The zero-order valence-electron chi connectivity index (χ0n) is 16.2. The van der Waals surface area contributed by atoms with Gasteiger partial charge < -0.3 is 15.2 Å². The molecule has 1 atom stereocenters. The molecule has 1 heterocycles. The smallest absolute Gasteiger partial charge is 0.411 e. The first kappa shape index (κ1) is 22.6. The topological polar surface area (TPSA) is 114 Å². The summed E-state index contributed by atoms with van der Waals surface area (Å²) in [6, 6.07) is 7.02. The number of hydrogen-bond acceptors (Lipinski definition) is 6. The Morgan fingerprint density at radius 1 is 1.41 bits per heavy atom. The number of carbonyl (C=O) groups is 2. The number of methoxy groups -OCH3 is 1. The van der Waals surface area contributed by atoms with E-state index in [-0.39, 0.29) is 40.1 Å². The zero-order valence-corrected chi connectivity index (χ0v) is 17.7. The van der Waals surface area contributed by atoms with Crippen molar-refractivity contribution in [1.82, 2.24) is 0 Å². The third-order valence-corrected chi connectivity index (χ3v) is 5.26. The van der Waals surface area contributed by atoms with Gasteiger partial charge in [-0.1, -0.05) is 37.6 Å². The molecule has 29 heavy (non-hydrogen) atoms. The molecule has 2 aliphatic rings. The number of nitrogens with one attached hydrogen (secondary N) is 1. The maximum absolute atomic E-state index is 13.0. The molecule has 9 heteroatoms. The SMILES string of the molecule is COC(=O)Nc1cccc(C2C(C#N)=C(N)OC3=C2C(=O)CC(C)(C)C3)c1Cl.Cl. The van der Waals surface area contributed by atoms with Crippen LogP contribution in [0.25, 0.3) is 0 Å². The fourth-order valence-corrected chi connectivity index (χ4v) is 3.91. The van der Waals surface area contributed by atoms with Gasteiger partial charge >= 0.3 is 6.09 Å². The number of carbonyl (C=O) groups excluding carboxylic acids is 2. The second kappa shape index (κ2) is 8.36. The van der Waals surface area contributed by atoms with E-state index in [1.807, 2.05) is 19.9 Å². The van der Waals surface area contributed by atoms with Crippen molar-refractivity contribution in [2.24, 2.45) is 11.1 Å². The van der Waals surface area contributed by atoms with Crippen LogP contribution in [0, 0.1) is 16.7 Å². The lowest BCUT2D eigenvalue weighted by Crippen LogP contribution is -2.33. The van der Waals surface area contributed by atoms with Gasteiger partial charge in [-0.25, -0.2) is 4.79 Å². The Hall–Kier alpha value is -2.69. The Balaban J connectivity index is 0.00000300. The molecule has 0 saturated carbocycles. The minimum absolute atomic E-state index is 0. The van der Waals surface area contributed by atoms with Gasteiger partial charge in [0.05, 0.1) is 23.7 Å². The molecule has 7 nitrogen and oxygen atoms in total. The minimum Gasteiger partial charge on any atom is -0.453 e. The zero-order chi connectivity index (χ0) is 20.6. The Labute approximate surface area is 179 Å². The molecule has 1 amide bonds. The van der Waals surface area contributed by atoms with Crippen LogP contribution in [0.15, 0.2) is 41.0 Å². The van der Waals surface area contributed by atoms with Crippen molar-refractivity contribution in [2.45, 2.75) is 32.6 Å². The number of Topliss-reactive ketones (excluding diaryl/α,β-unsaturated/α-hetero) is 1. The molecule has 1 aromatic carbocycles. The van der Waals surface area contributed by atoms with Crippen LogP contribution in [0.5, 0.6) is 0 Å². The van der Waals surface area contributed by atoms with E-state index >= 15 is 0 Å². The van der Waals surface area contributed by atoms with E-state index < -0.39 is 12.0 Å². The summed E-state index contributed by atoms with van der Waals surface area (Å²) in [5.74, 6) is -0.451. The fraction of sp³-hybridized carbons (Fsp3) is 0.350. The Morgan fingerprint density at radius 3 is 2.72 bits per heavy atom. The first-order valence-electron chi connectivity index (χ1n) is 8.65. The van der Waals surface area contributed by atoms with Crippen LogP contribution in [0.4, 0.5) is 10.5 Å². The number of hydrogen-bond donors (Lipinski definition) is 2. The number of ether oxygens (including phenoxy) is 2. The number of allylic oxidation sites excluding steroid dienone is 3. The lowest BCUT2D eigenvalue weighted by molar-refractivity contribution is -0.119. The third-order valence-electron chi connectivity index (χ3n) is 4.84. The van der Waals surface area contributed by atoms with Gasteiger partial charge in [0.1, 0.15) is 17.4 Å². The quantitative estimate of drug-likeness (QED) is 0.708. The Kier molecular flexibility index (Phi) is 6.51. The summed E-state index contributed by atoms with van der Waals surface area (Å²) in [4.78, 5) is 24.6. The Morgan fingerprint density at radius 2 is 2.10 bits per heavy atom. The van der Waals surface area contributed by atoms with E-state index in [0.29, 0.717) is 35.4 Å². The highest BCUT2D eigenvalue weighted by molar-refractivity contribution is 6.34. The standard InChI is InChI=1S/C20H20ClN3O4.ClH/c1-20(2)7-13(25)16-14(8-20)28-18(23)11(9-22)15(16)10-5-4-6-12(17(10)21)24-19(26)27-3;/h4-6,15H,7-8,23H2,1-3H3,(H,24,26);1H. The lowest BCUT2D eigenvalue weighted by atomic mass is 9.70. The second-order valence-electron chi connectivity index (χ2n) is 7.53. The summed E-state index contributed by atoms with van der Waals surface area (Å²) < 4.78 is 10.3. The second-order valence-corrected chi connectivity index (χ2v) is 7.91. The van der Waals surface area contributed by atoms with Crippen molar-refractivity contribution >= 4 is 41.6 Å². The Bertz CT molecular complexity index is 976. The monoisotopic (exact) mass is 437 g/mol. The average Bonchev–Trinajstić information content (AvgIpc) is 2.61. The summed E-state index contributed by atoms with van der Waals surface area (Å²) in [5, 5.41) is 12.4. The van der Waals surface area contributed by atoms with Crippen LogP contribution >= 0.6 is 24.0 Å². The maximum Gasteiger partial charge on any atom is 0.411 e. The summed E-state index contributed by atoms with van der Waals surface area (Å²) in [5.41, 5.74) is 7.03. The molecule has 3 rings (SSSR count). The van der Waals surface area contributed by atoms with Gasteiger partial charge in [-0.3, -0.25) is 10.1 Å². The van der Waals surface area contributed by atoms with E-state index in [1.54, 1.807) is 18.2 Å². The molecule has 1 unspecified atom stereocenters. The van der Waals surface area contributed by atoms with Gasteiger partial charge in [0, 0.05) is 18.4 Å². The van der Waals surface area contributed by atoms with E-state index in [2.05, 4.69) is 10.1 Å². The number of nitrogens with zero attached hydrogens (tertiary/aromatic N) is 1. The number of rotatable bonds is 2. The van der Waals surface area contributed by atoms with E-state index in [9.17, 15) is 14.9 Å². The summed E-state index contributed by atoms with van der Waals surface area (Å²) >= 11 is 6.53. The van der Waals surface area contributed by atoms with Crippen molar-refractivity contribution in [3.05, 3.63) is 51.6 Å².